The average molecular weight is 354 g/mol. The molecule has 8 nitrogen and oxygen atoms in total. The number of carbonyl (C=O) groups is 1. The number of aromatic nitrogens is 2. The summed E-state index contributed by atoms with van der Waals surface area (Å²) in [5.41, 5.74) is 0.173. The highest BCUT2D eigenvalue weighted by atomic mass is 32.2. The van der Waals surface area contributed by atoms with Gasteiger partial charge in [-0.2, -0.15) is 4.31 Å². The molecule has 0 N–H and O–H groups in total. The largest absolute Gasteiger partial charge is 0.447 e. The smallest absolute Gasteiger partial charge is 0.416 e. The number of hydrogen-bond donors (Lipinski definition) is 0. The lowest BCUT2D eigenvalue weighted by molar-refractivity contribution is 0.175. The third kappa shape index (κ3) is 2.98. The van der Waals surface area contributed by atoms with Crippen molar-refractivity contribution in [3.8, 4) is 0 Å². The highest BCUT2D eigenvalue weighted by molar-refractivity contribution is 7.88. The Morgan fingerprint density at radius 1 is 1.33 bits per heavy atom. The van der Waals surface area contributed by atoms with Crippen LogP contribution in [0.1, 0.15) is 44.2 Å². The standard InChI is InChI=1S/C15H22N4O4S/c1-10-8-12(19-14(20)23-9-15(19,2)3)17-13(16-10)11-6-5-7-18(11)24(4,21)22/h8,11H,5-7,9H2,1-4H3. The molecule has 1 amide bonds. The van der Waals surface area contributed by atoms with Crippen LogP contribution in [0.25, 0.3) is 0 Å². The maximum atomic E-state index is 12.1. The molecule has 1 atom stereocenters. The van der Waals surface area contributed by atoms with Gasteiger partial charge in [0.1, 0.15) is 18.2 Å². The number of carbonyl (C=O) groups excluding carboxylic acids is 1. The Hall–Kier alpha value is -1.74. The summed E-state index contributed by atoms with van der Waals surface area (Å²) in [6, 6.07) is 1.33. The van der Waals surface area contributed by atoms with Crippen LogP contribution >= 0.6 is 0 Å². The fourth-order valence-corrected chi connectivity index (χ4v) is 4.37. The third-order valence-electron chi connectivity index (χ3n) is 4.35. The molecule has 132 valence electrons. The van der Waals surface area contributed by atoms with Gasteiger partial charge < -0.3 is 4.74 Å². The van der Waals surface area contributed by atoms with Crippen LogP contribution in [0.4, 0.5) is 10.6 Å². The summed E-state index contributed by atoms with van der Waals surface area (Å²) in [4.78, 5) is 22.5. The molecule has 0 bridgehead atoms. The van der Waals surface area contributed by atoms with Gasteiger partial charge in [-0.15, -0.1) is 0 Å². The van der Waals surface area contributed by atoms with E-state index in [1.807, 2.05) is 20.8 Å². The molecule has 2 aliphatic heterocycles. The summed E-state index contributed by atoms with van der Waals surface area (Å²) in [7, 11) is -3.33. The predicted octanol–water partition coefficient (Wildman–Crippen LogP) is 1.62. The molecule has 1 unspecified atom stereocenters. The summed E-state index contributed by atoms with van der Waals surface area (Å²) in [5, 5.41) is 0. The number of anilines is 1. The Morgan fingerprint density at radius 2 is 2.04 bits per heavy atom. The molecule has 0 spiro atoms. The lowest BCUT2D eigenvalue weighted by Gasteiger charge is -2.28. The SMILES string of the molecule is Cc1cc(N2C(=O)OCC2(C)C)nc(C2CCCN2S(C)(=O)=O)n1. The molecular weight excluding hydrogens is 332 g/mol. The van der Waals surface area contributed by atoms with Crippen molar-refractivity contribution in [2.24, 2.45) is 0 Å². The number of hydrogen-bond acceptors (Lipinski definition) is 6. The topological polar surface area (TPSA) is 92.7 Å². The summed E-state index contributed by atoms with van der Waals surface area (Å²) < 4.78 is 30.5. The number of sulfonamides is 1. The van der Waals surface area contributed by atoms with Crippen LogP contribution < -0.4 is 4.90 Å². The number of ether oxygens (including phenoxy) is 1. The van der Waals surface area contributed by atoms with Gasteiger partial charge in [-0.05, 0) is 33.6 Å². The van der Waals surface area contributed by atoms with Crippen molar-refractivity contribution < 1.29 is 17.9 Å². The fraction of sp³-hybridized carbons (Fsp3) is 0.667. The number of nitrogens with zero attached hydrogens (tertiary/aromatic N) is 4. The van der Waals surface area contributed by atoms with Crippen LogP contribution in [0.3, 0.4) is 0 Å². The summed E-state index contributed by atoms with van der Waals surface area (Å²) in [5.74, 6) is 0.883. The molecular formula is C15H22N4O4S. The molecule has 2 saturated heterocycles. The van der Waals surface area contributed by atoms with Crippen molar-refractivity contribution in [3.05, 3.63) is 17.6 Å². The minimum atomic E-state index is -3.33. The summed E-state index contributed by atoms with van der Waals surface area (Å²) >= 11 is 0. The van der Waals surface area contributed by atoms with Crippen LogP contribution in [-0.4, -0.2) is 53.7 Å². The van der Waals surface area contributed by atoms with E-state index < -0.39 is 21.7 Å². The maximum absolute atomic E-state index is 12.1. The first kappa shape index (κ1) is 17.1. The minimum absolute atomic E-state index is 0.281. The third-order valence-corrected chi connectivity index (χ3v) is 5.64. The number of cyclic esters (lactones) is 1. The van der Waals surface area contributed by atoms with Crippen molar-refractivity contribution in [1.29, 1.82) is 0 Å². The molecule has 2 fully saturated rings. The van der Waals surface area contributed by atoms with Gasteiger partial charge >= 0.3 is 6.09 Å². The average Bonchev–Trinajstić information content (AvgIpc) is 3.02. The molecule has 0 radical (unpaired) electrons. The van der Waals surface area contributed by atoms with Crippen molar-refractivity contribution in [1.82, 2.24) is 14.3 Å². The minimum Gasteiger partial charge on any atom is -0.447 e. The summed E-state index contributed by atoms with van der Waals surface area (Å²) in [6.07, 6.45) is 2.18. The Morgan fingerprint density at radius 3 is 2.62 bits per heavy atom. The molecule has 3 heterocycles. The van der Waals surface area contributed by atoms with E-state index in [0.29, 0.717) is 30.3 Å². The zero-order valence-electron chi connectivity index (χ0n) is 14.3. The van der Waals surface area contributed by atoms with Crippen molar-refractivity contribution >= 4 is 21.9 Å². The van der Waals surface area contributed by atoms with Crippen LogP contribution in [-0.2, 0) is 14.8 Å². The molecule has 0 aromatic carbocycles. The summed E-state index contributed by atoms with van der Waals surface area (Å²) in [6.45, 7) is 6.35. The molecule has 0 aliphatic carbocycles. The Kier molecular flexibility index (Phi) is 4.03. The van der Waals surface area contributed by atoms with Crippen LogP contribution in [0.2, 0.25) is 0 Å². The number of rotatable bonds is 3. The van der Waals surface area contributed by atoms with E-state index in [9.17, 15) is 13.2 Å². The van der Waals surface area contributed by atoms with Gasteiger partial charge in [-0.25, -0.2) is 23.2 Å². The van der Waals surface area contributed by atoms with Gasteiger partial charge in [0.15, 0.2) is 0 Å². The molecule has 24 heavy (non-hydrogen) atoms. The monoisotopic (exact) mass is 354 g/mol. The zero-order chi connectivity index (χ0) is 17.7. The highest BCUT2D eigenvalue weighted by Gasteiger charge is 2.43. The first-order valence-corrected chi connectivity index (χ1v) is 9.74. The molecule has 0 saturated carbocycles. The van der Waals surface area contributed by atoms with Gasteiger partial charge in [0.05, 0.1) is 17.8 Å². The normalized spacial score (nSPS) is 24.4. The van der Waals surface area contributed by atoms with E-state index in [1.54, 1.807) is 6.07 Å². The van der Waals surface area contributed by atoms with E-state index in [1.165, 1.54) is 15.5 Å². The van der Waals surface area contributed by atoms with Crippen molar-refractivity contribution in [2.75, 3.05) is 24.3 Å². The van der Waals surface area contributed by atoms with Crippen LogP contribution in [0, 0.1) is 6.92 Å². The van der Waals surface area contributed by atoms with Gasteiger partial charge in [0.25, 0.3) is 0 Å². The second-order valence-corrected chi connectivity index (χ2v) is 8.89. The lowest BCUT2D eigenvalue weighted by atomic mass is 10.1. The van der Waals surface area contributed by atoms with Crippen molar-refractivity contribution in [2.45, 2.75) is 45.2 Å². The van der Waals surface area contributed by atoms with Crippen LogP contribution in [0.5, 0.6) is 0 Å². The van der Waals surface area contributed by atoms with E-state index in [4.69, 9.17) is 4.74 Å². The highest BCUT2D eigenvalue weighted by Crippen LogP contribution is 2.35. The van der Waals surface area contributed by atoms with E-state index in [-0.39, 0.29) is 12.6 Å². The first-order valence-electron chi connectivity index (χ1n) is 7.89. The fourth-order valence-electron chi connectivity index (χ4n) is 3.25. The second-order valence-electron chi connectivity index (χ2n) is 6.96. The predicted molar refractivity (Wildman–Crippen MR) is 88.2 cm³/mol. The number of amides is 1. The first-order chi connectivity index (χ1) is 11.1. The molecule has 1 aromatic rings. The Balaban J connectivity index is 2.03. The van der Waals surface area contributed by atoms with Gasteiger partial charge in [-0.1, -0.05) is 0 Å². The lowest BCUT2D eigenvalue weighted by Crippen LogP contribution is -2.43. The molecule has 2 aliphatic rings. The van der Waals surface area contributed by atoms with E-state index in [2.05, 4.69) is 9.97 Å². The van der Waals surface area contributed by atoms with Gasteiger partial charge in [-0.3, -0.25) is 4.90 Å². The molecule has 3 rings (SSSR count). The van der Waals surface area contributed by atoms with E-state index >= 15 is 0 Å². The quantitative estimate of drug-likeness (QED) is 0.819. The molecule has 1 aromatic heterocycles. The molecule has 9 heteroatoms. The Labute approximate surface area is 141 Å². The zero-order valence-corrected chi connectivity index (χ0v) is 15.1. The van der Waals surface area contributed by atoms with Gasteiger partial charge in [0.2, 0.25) is 10.0 Å². The van der Waals surface area contributed by atoms with Gasteiger partial charge in [0, 0.05) is 18.3 Å². The maximum Gasteiger partial charge on any atom is 0.416 e. The second kappa shape index (κ2) is 5.66. The Bertz CT molecular complexity index is 778. The van der Waals surface area contributed by atoms with Crippen LogP contribution in [0.15, 0.2) is 6.07 Å². The van der Waals surface area contributed by atoms with Crippen molar-refractivity contribution in [3.63, 3.8) is 0 Å². The van der Waals surface area contributed by atoms with E-state index in [0.717, 1.165) is 6.42 Å². The number of aryl methyl sites for hydroxylation is 1.